The molecule has 1 heterocycles. The second-order valence-corrected chi connectivity index (χ2v) is 6.30. The highest BCUT2D eigenvalue weighted by molar-refractivity contribution is 7.21. The highest BCUT2D eigenvalue weighted by atomic mass is 35.5. The van der Waals surface area contributed by atoms with E-state index >= 15 is 0 Å². The molecule has 0 bridgehead atoms. The second-order valence-electron chi connectivity index (χ2n) is 4.87. The van der Waals surface area contributed by atoms with Crippen molar-refractivity contribution in [3.63, 3.8) is 0 Å². The van der Waals surface area contributed by atoms with Crippen molar-refractivity contribution in [2.45, 2.75) is 26.3 Å². The van der Waals surface area contributed by atoms with Crippen molar-refractivity contribution in [2.75, 3.05) is 6.54 Å². The first-order chi connectivity index (χ1) is 10.4. The molecule has 0 radical (unpaired) electrons. The summed E-state index contributed by atoms with van der Waals surface area (Å²) in [5.41, 5.74) is 0. The third-order valence-corrected chi connectivity index (χ3v) is 4.74. The molecule has 2 amide bonds. The van der Waals surface area contributed by atoms with E-state index in [1.54, 1.807) is 6.92 Å². The summed E-state index contributed by atoms with van der Waals surface area (Å²) in [7, 11) is 0. The number of carbonyl (C=O) groups is 2. The number of amides is 2. The topological polar surface area (TPSA) is 58.2 Å². The third-order valence-electron chi connectivity index (χ3n) is 3.09. The minimum absolute atomic E-state index is 0.251. The highest BCUT2D eigenvalue weighted by Crippen LogP contribution is 2.35. The fraction of sp³-hybridized carbons (Fsp3) is 0.333. The van der Waals surface area contributed by atoms with E-state index < -0.39 is 11.9 Å². The first-order valence-electron chi connectivity index (χ1n) is 6.90. The predicted molar refractivity (Wildman–Crippen MR) is 87.0 cm³/mol. The van der Waals surface area contributed by atoms with Gasteiger partial charge in [-0.3, -0.25) is 9.59 Å². The Kier molecular flexibility index (Phi) is 5.37. The van der Waals surface area contributed by atoms with Gasteiger partial charge in [-0.1, -0.05) is 18.5 Å². The molecule has 1 atom stereocenters. The Morgan fingerprint density at radius 3 is 2.82 bits per heavy atom. The van der Waals surface area contributed by atoms with Gasteiger partial charge in [0.15, 0.2) is 0 Å². The summed E-state index contributed by atoms with van der Waals surface area (Å²) in [5, 5.41) is 6.21. The summed E-state index contributed by atoms with van der Waals surface area (Å²) < 4.78 is 13.8. The lowest BCUT2D eigenvalue weighted by Gasteiger charge is -2.13. The molecule has 2 aromatic rings. The Morgan fingerprint density at radius 2 is 2.14 bits per heavy atom. The van der Waals surface area contributed by atoms with Gasteiger partial charge in [0.1, 0.15) is 16.7 Å². The molecule has 0 aliphatic heterocycles. The maximum atomic E-state index is 13.2. The molecule has 22 heavy (non-hydrogen) atoms. The molecule has 0 aliphatic carbocycles. The van der Waals surface area contributed by atoms with Crippen LogP contribution in [0.25, 0.3) is 10.1 Å². The fourth-order valence-electron chi connectivity index (χ4n) is 1.91. The van der Waals surface area contributed by atoms with Crippen LogP contribution >= 0.6 is 22.9 Å². The molecule has 0 saturated heterocycles. The highest BCUT2D eigenvalue weighted by Gasteiger charge is 2.21. The summed E-state index contributed by atoms with van der Waals surface area (Å²) in [6, 6.07) is 3.50. The smallest absolute Gasteiger partial charge is 0.263 e. The van der Waals surface area contributed by atoms with Crippen LogP contribution in [0.4, 0.5) is 4.39 Å². The standard InChI is InChI=1S/C15H16ClFN2O2S/c1-3-6-18-14(20)8(2)19-15(21)13-12(16)10-5-4-9(17)7-11(10)22-13/h4-5,7-8H,3,6H2,1-2H3,(H,18,20)(H,19,21)/t8-/m1/s1. The molecule has 4 nitrogen and oxygen atoms in total. The van der Waals surface area contributed by atoms with Crippen LogP contribution in [0.5, 0.6) is 0 Å². The van der Waals surface area contributed by atoms with E-state index in [9.17, 15) is 14.0 Å². The average Bonchev–Trinajstić information content (AvgIpc) is 2.81. The van der Waals surface area contributed by atoms with E-state index in [0.717, 1.165) is 17.8 Å². The average molecular weight is 343 g/mol. The minimum atomic E-state index is -0.669. The number of thiophene rings is 1. The molecule has 1 aromatic heterocycles. The molecule has 0 spiro atoms. The first-order valence-corrected chi connectivity index (χ1v) is 8.09. The Bertz CT molecular complexity index is 717. The van der Waals surface area contributed by atoms with E-state index in [4.69, 9.17) is 11.6 Å². The largest absolute Gasteiger partial charge is 0.354 e. The van der Waals surface area contributed by atoms with Crippen LogP contribution in [0.15, 0.2) is 18.2 Å². The summed E-state index contributed by atoms with van der Waals surface area (Å²) in [5.74, 6) is -1.08. The van der Waals surface area contributed by atoms with Crippen LogP contribution in [0, 0.1) is 5.82 Å². The SMILES string of the molecule is CCCNC(=O)[C@@H](C)NC(=O)c1sc2cc(F)ccc2c1Cl. The van der Waals surface area contributed by atoms with Crippen LogP contribution in [0.1, 0.15) is 29.9 Å². The first kappa shape index (κ1) is 16.7. The molecule has 2 rings (SSSR count). The summed E-state index contributed by atoms with van der Waals surface area (Å²) in [4.78, 5) is 24.3. The number of rotatable bonds is 5. The van der Waals surface area contributed by atoms with Crippen LogP contribution in [0.2, 0.25) is 5.02 Å². The van der Waals surface area contributed by atoms with Crippen molar-refractivity contribution in [3.05, 3.63) is 33.9 Å². The molecule has 118 valence electrons. The molecule has 0 unspecified atom stereocenters. The molecule has 0 aliphatic rings. The van der Waals surface area contributed by atoms with Gasteiger partial charge in [0, 0.05) is 16.6 Å². The molecule has 7 heteroatoms. The van der Waals surface area contributed by atoms with Gasteiger partial charge in [-0.25, -0.2) is 4.39 Å². The molecule has 2 N–H and O–H groups in total. The van der Waals surface area contributed by atoms with Gasteiger partial charge in [0.25, 0.3) is 5.91 Å². The molecule has 0 fully saturated rings. The van der Waals surface area contributed by atoms with Crippen molar-refractivity contribution in [2.24, 2.45) is 0 Å². The maximum Gasteiger partial charge on any atom is 0.263 e. The Balaban J connectivity index is 2.16. The zero-order valence-electron chi connectivity index (χ0n) is 12.2. The number of hydrogen-bond donors (Lipinski definition) is 2. The van der Waals surface area contributed by atoms with Gasteiger partial charge in [0.05, 0.1) is 5.02 Å². The van der Waals surface area contributed by atoms with E-state index in [-0.39, 0.29) is 21.6 Å². The van der Waals surface area contributed by atoms with Gasteiger partial charge >= 0.3 is 0 Å². The van der Waals surface area contributed by atoms with E-state index in [0.29, 0.717) is 16.6 Å². The van der Waals surface area contributed by atoms with Crippen LogP contribution in [-0.4, -0.2) is 24.4 Å². The quantitative estimate of drug-likeness (QED) is 0.875. The third kappa shape index (κ3) is 3.56. The lowest BCUT2D eigenvalue weighted by molar-refractivity contribution is -0.122. The predicted octanol–water partition coefficient (Wildman–Crippen LogP) is 3.34. The van der Waals surface area contributed by atoms with Crippen LogP contribution in [0.3, 0.4) is 0 Å². The normalized spacial score (nSPS) is 12.2. The van der Waals surface area contributed by atoms with Gasteiger partial charge in [-0.15, -0.1) is 11.3 Å². The lowest BCUT2D eigenvalue weighted by Crippen LogP contribution is -2.44. The molecular formula is C15H16ClFN2O2S. The van der Waals surface area contributed by atoms with Gasteiger partial charge in [-0.05, 0) is 31.5 Å². The van der Waals surface area contributed by atoms with Crippen LogP contribution in [-0.2, 0) is 4.79 Å². The van der Waals surface area contributed by atoms with Gasteiger partial charge in [0.2, 0.25) is 5.91 Å². The number of fused-ring (bicyclic) bond motifs is 1. The van der Waals surface area contributed by atoms with Crippen molar-refractivity contribution in [1.29, 1.82) is 0 Å². The van der Waals surface area contributed by atoms with Crippen molar-refractivity contribution >= 4 is 44.8 Å². The number of benzene rings is 1. The number of halogens is 2. The Morgan fingerprint density at radius 1 is 1.41 bits per heavy atom. The maximum absolute atomic E-state index is 13.2. The zero-order valence-corrected chi connectivity index (χ0v) is 13.8. The molecular weight excluding hydrogens is 327 g/mol. The van der Waals surface area contributed by atoms with E-state index in [2.05, 4.69) is 10.6 Å². The summed E-state index contributed by atoms with van der Waals surface area (Å²) in [6.45, 7) is 4.10. The van der Waals surface area contributed by atoms with Crippen molar-refractivity contribution in [3.8, 4) is 0 Å². The van der Waals surface area contributed by atoms with Crippen molar-refractivity contribution < 1.29 is 14.0 Å². The second kappa shape index (κ2) is 7.07. The number of nitrogens with one attached hydrogen (secondary N) is 2. The minimum Gasteiger partial charge on any atom is -0.354 e. The van der Waals surface area contributed by atoms with Gasteiger partial charge in [-0.2, -0.15) is 0 Å². The monoisotopic (exact) mass is 342 g/mol. The Hall–Kier alpha value is -1.66. The molecule has 1 aromatic carbocycles. The number of carbonyl (C=O) groups excluding carboxylic acids is 2. The van der Waals surface area contributed by atoms with E-state index in [1.165, 1.54) is 18.2 Å². The van der Waals surface area contributed by atoms with Crippen LogP contribution < -0.4 is 10.6 Å². The summed E-state index contributed by atoms with van der Waals surface area (Å²) in [6.07, 6.45) is 0.820. The summed E-state index contributed by atoms with van der Waals surface area (Å²) >= 11 is 7.28. The number of hydrogen-bond acceptors (Lipinski definition) is 3. The van der Waals surface area contributed by atoms with Gasteiger partial charge < -0.3 is 10.6 Å². The zero-order chi connectivity index (χ0) is 16.3. The Labute approximate surface area is 136 Å². The fourth-order valence-corrected chi connectivity index (χ4v) is 3.36. The lowest BCUT2D eigenvalue weighted by atomic mass is 10.2. The molecule has 0 saturated carbocycles. The van der Waals surface area contributed by atoms with Crippen molar-refractivity contribution in [1.82, 2.24) is 10.6 Å². The van der Waals surface area contributed by atoms with E-state index in [1.807, 2.05) is 6.92 Å².